The number of amides is 2. The van der Waals surface area contributed by atoms with E-state index in [0.29, 0.717) is 12.1 Å². The minimum atomic E-state index is -0.775. The van der Waals surface area contributed by atoms with Crippen LogP contribution in [0.2, 0.25) is 0 Å². The average Bonchev–Trinajstić information content (AvgIpc) is 2.51. The molecule has 2 unspecified atom stereocenters. The van der Waals surface area contributed by atoms with Crippen LogP contribution in [0.3, 0.4) is 0 Å². The normalized spacial score (nSPS) is 26.7. The molecule has 0 saturated carbocycles. The Hall–Kier alpha value is -1.95. The number of halogens is 2. The van der Waals surface area contributed by atoms with Gasteiger partial charge in [-0.3, -0.25) is 4.90 Å². The summed E-state index contributed by atoms with van der Waals surface area (Å²) in [6.07, 6.45) is 7.21. The molecule has 2 saturated heterocycles. The Morgan fingerprint density at radius 2 is 2.00 bits per heavy atom. The highest BCUT2D eigenvalue weighted by Crippen LogP contribution is 2.33. The number of nitrogens with one attached hydrogen (secondary N) is 2. The lowest BCUT2D eigenvalue weighted by Gasteiger charge is -2.48. The molecule has 1 aromatic carbocycles. The maximum absolute atomic E-state index is 13.6. The minimum absolute atomic E-state index is 0.0156. The van der Waals surface area contributed by atoms with E-state index >= 15 is 0 Å². The van der Waals surface area contributed by atoms with Crippen LogP contribution in [0, 0.1) is 11.6 Å². The maximum Gasteiger partial charge on any atom is 0.319 e. The Balaban J connectivity index is 1.58. The van der Waals surface area contributed by atoms with E-state index in [2.05, 4.69) is 22.1 Å². The summed E-state index contributed by atoms with van der Waals surface area (Å²) in [5.41, 5.74) is -0.0156. The lowest BCUT2D eigenvalue weighted by Crippen LogP contribution is -2.57. The van der Waals surface area contributed by atoms with Crippen LogP contribution in [-0.2, 0) is 0 Å². The molecule has 0 spiro atoms. The van der Waals surface area contributed by atoms with Gasteiger partial charge in [0, 0.05) is 30.7 Å². The second-order valence-electron chi connectivity index (χ2n) is 6.61. The van der Waals surface area contributed by atoms with Crippen LogP contribution in [0.25, 0.3) is 0 Å². The average molecular weight is 335 g/mol. The van der Waals surface area contributed by atoms with Gasteiger partial charge in [-0.1, -0.05) is 12.5 Å². The molecule has 2 bridgehead atoms. The highest BCUT2D eigenvalue weighted by Gasteiger charge is 2.37. The highest BCUT2D eigenvalue weighted by molar-refractivity contribution is 5.89. The lowest BCUT2D eigenvalue weighted by molar-refractivity contribution is 0.0375. The third-order valence-electron chi connectivity index (χ3n) is 4.98. The van der Waals surface area contributed by atoms with Crippen LogP contribution in [0.1, 0.15) is 32.1 Å². The zero-order valence-electron chi connectivity index (χ0n) is 13.6. The molecule has 6 heteroatoms. The van der Waals surface area contributed by atoms with Gasteiger partial charge in [0.2, 0.25) is 0 Å². The summed E-state index contributed by atoms with van der Waals surface area (Å²) in [4.78, 5) is 14.6. The van der Waals surface area contributed by atoms with E-state index < -0.39 is 17.7 Å². The molecule has 24 heavy (non-hydrogen) atoms. The van der Waals surface area contributed by atoms with Crippen molar-refractivity contribution in [2.24, 2.45) is 0 Å². The van der Waals surface area contributed by atoms with Crippen molar-refractivity contribution in [3.8, 4) is 0 Å². The van der Waals surface area contributed by atoms with E-state index in [1.54, 1.807) is 0 Å². The van der Waals surface area contributed by atoms with E-state index in [1.165, 1.54) is 12.5 Å². The van der Waals surface area contributed by atoms with Crippen molar-refractivity contribution < 1.29 is 13.6 Å². The van der Waals surface area contributed by atoms with Gasteiger partial charge in [-0.25, -0.2) is 13.6 Å². The fourth-order valence-corrected chi connectivity index (χ4v) is 3.98. The van der Waals surface area contributed by atoms with E-state index in [4.69, 9.17) is 0 Å². The van der Waals surface area contributed by atoms with Gasteiger partial charge in [0.1, 0.15) is 11.6 Å². The molecule has 1 aromatic rings. The molecule has 2 aliphatic heterocycles. The zero-order valence-corrected chi connectivity index (χ0v) is 13.6. The Labute approximate surface area is 140 Å². The molecular formula is C18H23F2N3O. The lowest BCUT2D eigenvalue weighted by atomic mass is 9.82. The Kier molecular flexibility index (Phi) is 5.14. The van der Waals surface area contributed by atoms with Crippen LogP contribution >= 0.6 is 0 Å². The maximum atomic E-state index is 13.6. The largest absolute Gasteiger partial charge is 0.335 e. The topological polar surface area (TPSA) is 44.4 Å². The van der Waals surface area contributed by atoms with Crippen molar-refractivity contribution in [1.82, 2.24) is 10.2 Å². The third kappa shape index (κ3) is 3.75. The standard InChI is InChI=1S/C18H23F2N3O/c1-2-8-23-14-4-3-5-15(23)11-13(10-14)21-18(24)22-17-7-6-12(19)9-16(17)20/h2,6-7,9,13-15H,1,3-5,8,10-11H2,(H2,21,22,24). The summed E-state index contributed by atoms with van der Waals surface area (Å²) in [6, 6.07) is 3.66. The number of rotatable bonds is 4. The summed E-state index contributed by atoms with van der Waals surface area (Å²) >= 11 is 0. The summed E-state index contributed by atoms with van der Waals surface area (Å²) in [6.45, 7) is 4.71. The van der Waals surface area contributed by atoms with Gasteiger partial charge in [0.05, 0.1) is 5.69 Å². The molecule has 0 radical (unpaired) electrons. The first-order chi connectivity index (χ1) is 11.6. The SMILES string of the molecule is C=CCN1C2CCCC1CC(NC(=O)Nc1ccc(F)cc1F)C2. The van der Waals surface area contributed by atoms with E-state index in [-0.39, 0.29) is 11.7 Å². The van der Waals surface area contributed by atoms with E-state index in [1.807, 2.05) is 6.08 Å². The highest BCUT2D eigenvalue weighted by atomic mass is 19.1. The van der Waals surface area contributed by atoms with Gasteiger partial charge in [-0.15, -0.1) is 6.58 Å². The Morgan fingerprint density at radius 1 is 1.29 bits per heavy atom. The quantitative estimate of drug-likeness (QED) is 0.825. The van der Waals surface area contributed by atoms with Gasteiger partial charge in [-0.05, 0) is 37.8 Å². The zero-order chi connectivity index (χ0) is 17.1. The summed E-state index contributed by atoms with van der Waals surface area (Å²) in [5.74, 6) is -1.44. The first-order valence-corrected chi connectivity index (χ1v) is 8.46. The number of carbonyl (C=O) groups excluding carboxylic acids is 1. The number of carbonyl (C=O) groups is 1. The molecule has 3 rings (SSSR count). The molecule has 2 atom stereocenters. The summed E-state index contributed by atoms with van der Waals surface area (Å²) < 4.78 is 26.5. The molecule has 130 valence electrons. The fraction of sp³-hybridized carbons (Fsp3) is 0.500. The fourth-order valence-electron chi connectivity index (χ4n) is 3.98. The van der Waals surface area contributed by atoms with Gasteiger partial charge >= 0.3 is 6.03 Å². The third-order valence-corrected chi connectivity index (χ3v) is 4.98. The molecule has 2 amide bonds. The number of hydrogen-bond donors (Lipinski definition) is 2. The number of anilines is 1. The van der Waals surface area contributed by atoms with Crippen molar-refractivity contribution in [3.05, 3.63) is 42.5 Å². The van der Waals surface area contributed by atoms with Crippen LogP contribution in [-0.4, -0.2) is 35.6 Å². The summed E-state index contributed by atoms with van der Waals surface area (Å²) in [5, 5.41) is 5.40. The second kappa shape index (κ2) is 7.30. The van der Waals surface area contributed by atoms with Crippen LogP contribution in [0.15, 0.2) is 30.9 Å². The number of benzene rings is 1. The number of urea groups is 1. The molecule has 0 aliphatic carbocycles. The van der Waals surface area contributed by atoms with Crippen molar-refractivity contribution in [2.45, 2.75) is 50.2 Å². The molecular weight excluding hydrogens is 312 g/mol. The summed E-state index contributed by atoms with van der Waals surface area (Å²) in [7, 11) is 0. The molecule has 2 N–H and O–H groups in total. The van der Waals surface area contributed by atoms with Crippen molar-refractivity contribution in [3.63, 3.8) is 0 Å². The van der Waals surface area contributed by atoms with E-state index in [0.717, 1.165) is 44.4 Å². The molecule has 2 heterocycles. The predicted molar refractivity (Wildman–Crippen MR) is 89.9 cm³/mol. The Morgan fingerprint density at radius 3 is 2.62 bits per heavy atom. The number of hydrogen-bond acceptors (Lipinski definition) is 2. The van der Waals surface area contributed by atoms with Crippen molar-refractivity contribution >= 4 is 11.7 Å². The first kappa shape index (κ1) is 16.9. The first-order valence-electron chi connectivity index (χ1n) is 8.46. The number of nitrogens with zero attached hydrogens (tertiary/aromatic N) is 1. The molecule has 4 nitrogen and oxygen atoms in total. The molecule has 0 aromatic heterocycles. The molecule has 2 fully saturated rings. The molecule has 2 aliphatic rings. The van der Waals surface area contributed by atoms with Crippen molar-refractivity contribution in [1.29, 1.82) is 0 Å². The van der Waals surface area contributed by atoms with Crippen LogP contribution in [0.5, 0.6) is 0 Å². The monoisotopic (exact) mass is 335 g/mol. The predicted octanol–water partition coefficient (Wildman–Crippen LogP) is 3.66. The van der Waals surface area contributed by atoms with Crippen LogP contribution < -0.4 is 10.6 Å². The minimum Gasteiger partial charge on any atom is -0.335 e. The van der Waals surface area contributed by atoms with Crippen molar-refractivity contribution in [2.75, 3.05) is 11.9 Å². The smallest absolute Gasteiger partial charge is 0.319 e. The van der Waals surface area contributed by atoms with Gasteiger partial charge in [0.15, 0.2) is 0 Å². The van der Waals surface area contributed by atoms with E-state index in [9.17, 15) is 13.6 Å². The van der Waals surface area contributed by atoms with Gasteiger partial charge in [-0.2, -0.15) is 0 Å². The second-order valence-corrected chi connectivity index (χ2v) is 6.61. The number of fused-ring (bicyclic) bond motifs is 2. The van der Waals surface area contributed by atoms with Gasteiger partial charge in [0.25, 0.3) is 0 Å². The number of piperidine rings is 2. The van der Waals surface area contributed by atoms with Crippen LogP contribution in [0.4, 0.5) is 19.3 Å². The Bertz CT molecular complexity index is 608. The van der Waals surface area contributed by atoms with Gasteiger partial charge < -0.3 is 10.6 Å².